The lowest BCUT2D eigenvalue weighted by Crippen LogP contribution is -2.18. The maximum Gasteiger partial charge on any atom is 0.129 e. The highest BCUT2D eigenvalue weighted by Crippen LogP contribution is 2.12. The Labute approximate surface area is 110 Å². The number of rotatable bonds is 9. The molecule has 1 atom stereocenters. The van der Waals surface area contributed by atoms with Crippen molar-refractivity contribution in [3.05, 3.63) is 18.1 Å². The Morgan fingerprint density at radius 3 is 2.72 bits per heavy atom. The first-order valence-electron chi connectivity index (χ1n) is 7.05. The summed E-state index contributed by atoms with van der Waals surface area (Å²) in [5.41, 5.74) is 6.75. The average molecular weight is 250 g/mol. The molecule has 1 aromatic heterocycles. The Kier molecular flexibility index (Phi) is 7.34. The van der Waals surface area contributed by atoms with Gasteiger partial charge in [0, 0.05) is 18.3 Å². The minimum Gasteiger partial charge on any atom is -0.370 e. The molecule has 102 valence electrons. The van der Waals surface area contributed by atoms with Gasteiger partial charge in [0.15, 0.2) is 0 Å². The number of hydrogen-bond acceptors (Lipinski definition) is 4. The van der Waals surface area contributed by atoms with Gasteiger partial charge >= 0.3 is 0 Å². The molecule has 1 unspecified atom stereocenters. The van der Waals surface area contributed by atoms with Crippen molar-refractivity contribution < 1.29 is 0 Å². The molecule has 0 radical (unpaired) electrons. The monoisotopic (exact) mass is 250 g/mol. The smallest absolute Gasteiger partial charge is 0.129 e. The van der Waals surface area contributed by atoms with Crippen molar-refractivity contribution >= 4 is 5.82 Å². The first-order valence-corrected chi connectivity index (χ1v) is 7.05. The van der Waals surface area contributed by atoms with E-state index < -0.39 is 0 Å². The molecule has 0 fully saturated rings. The van der Waals surface area contributed by atoms with Gasteiger partial charge in [-0.15, -0.1) is 0 Å². The van der Waals surface area contributed by atoms with Crippen LogP contribution in [0.4, 0.5) is 5.82 Å². The lowest BCUT2D eigenvalue weighted by atomic mass is 10.00. The van der Waals surface area contributed by atoms with Crippen molar-refractivity contribution in [3.8, 4) is 0 Å². The normalized spacial score (nSPS) is 12.4. The van der Waals surface area contributed by atoms with Gasteiger partial charge in [0.2, 0.25) is 0 Å². The van der Waals surface area contributed by atoms with Gasteiger partial charge < -0.3 is 11.1 Å². The van der Waals surface area contributed by atoms with Crippen molar-refractivity contribution in [2.24, 2.45) is 11.7 Å². The van der Waals surface area contributed by atoms with Crippen LogP contribution < -0.4 is 11.1 Å². The van der Waals surface area contributed by atoms with Crippen molar-refractivity contribution in [1.29, 1.82) is 0 Å². The van der Waals surface area contributed by atoms with Gasteiger partial charge in [-0.2, -0.15) is 0 Å². The van der Waals surface area contributed by atoms with E-state index in [4.69, 9.17) is 5.73 Å². The number of nitrogens with zero attached hydrogens (tertiary/aromatic N) is 2. The lowest BCUT2D eigenvalue weighted by Gasteiger charge is -2.16. The molecule has 1 heterocycles. The summed E-state index contributed by atoms with van der Waals surface area (Å²) in [5, 5.41) is 3.41. The summed E-state index contributed by atoms with van der Waals surface area (Å²) in [6, 6.07) is 2.05. The van der Waals surface area contributed by atoms with Gasteiger partial charge in [-0.1, -0.05) is 26.7 Å². The first kappa shape index (κ1) is 14.9. The van der Waals surface area contributed by atoms with Gasteiger partial charge in [-0.05, 0) is 31.7 Å². The predicted octanol–water partition coefficient (Wildman–Crippen LogP) is 2.61. The van der Waals surface area contributed by atoms with E-state index in [1.807, 2.05) is 0 Å². The zero-order chi connectivity index (χ0) is 13.2. The highest BCUT2D eigenvalue weighted by Gasteiger charge is 2.07. The Balaban J connectivity index is 2.47. The maximum absolute atomic E-state index is 5.64. The van der Waals surface area contributed by atoms with E-state index in [2.05, 4.69) is 35.2 Å². The maximum atomic E-state index is 5.64. The standard InChI is InChI=1S/C14H26N4/c1-3-5-12(7-8-15)10-16-14-9-13(6-4-2)17-11-18-14/h9,11-12H,3-8,10,15H2,1-2H3,(H,16,17,18). The van der Waals surface area contributed by atoms with Crippen LogP contribution in [0.15, 0.2) is 12.4 Å². The van der Waals surface area contributed by atoms with Crippen molar-refractivity contribution in [1.82, 2.24) is 9.97 Å². The first-order chi connectivity index (χ1) is 8.80. The second-order valence-electron chi connectivity index (χ2n) is 4.76. The minimum absolute atomic E-state index is 0.643. The van der Waals surface area contributed by atoms with Gasteiger partial charge in [0.1, 0.15) is 12.1 Å². The number of hydrogen-bond donors (Lipinski definition) is 2. The van der Waals surface area contributed by atoms with Gasteiger partial charge in [0.25, 0.3) is 0 Å². The molecule has 4 heteroatoms. The van der Waals surface area contributed by atoms with E-state index in [0.717, 1.165) is 43.9 Å². The molecule has 0 spiro atoms. The third kappa shape index (κ3) is 5.45. The van der Waals surface area contributed by atoms with E-state index in [1.54, 1.807) is 6.33 Å². The molecule has 0 saturated heterocycles. The van der Waals surface area contributed by atoms with Gasteiger partial charge in [-0.3, -0.25) is 0 Å². The van der Waals surface area contributed by atoms with Crippen LogP contribution in [0.5, 0.6) is 0 Å². The summed E-state index contributed by atoms with van der Waals surface area (Å²) >= 11 is 0. The van der Waals surface area contributed by atoms with Crippen LogP contribution in [0.2, 0.25) is 0 Å². The van der Waals surface area contributed by atoms with Crippen LogP contribution in [0.25, 0.3) is 0 Å². The van der Waals surface area contributed by atoms with Crippen LogP contribution >= 0.6 is 0 Å². The van der Waals surface area contributed by atoms with E-state index >= 15 is 0 Å². The number of aromatic nitrogens is 2. The number of aryl methyl sites for hydroxylation is 1. The molecular weight excluding hydrogens is 224 g/mol. The second kappa shape index (κ2) is 8.86. The average Bonchev–Trinajstić information content (AvgIpc) is 2.37. The van der Waals surface area contributed by atoms with E-state index in [-0.39, 0.29) is 0 Å². The molecule has 0 saturated carbocycles. The van der Waals surface area contributed by atoms with Crippen LogP contribution in [0, 0.1) is 5.92 Å². The fourth-order valence-corrected chi connectivity index (χ4v) is 2.13. The second-order valence-corrected chi connectivity index (χ2v) is 4.76. The fourth-order valence-electron chi connectivity index (χ4n) is 2.13. The van der Waals surface area contributed by atoms with E-state index in [9.17, 15) is 0 Å². The summed E-state index contributed by atoms with van der Waals surface area (Å²) in [6.45, 7) is 6.09. The largest absolute Gasteiger partial charge is 0.370 e. The van der Waals surface area contributed by atoms with Crippen molar-refractivity contribution in [2.45, 2.75) is 46.0 Å². The molecule has 0 bridgehead atoms. The number of anilines is 1. The van der Waals surface area contributed by atoms with Crippen molar-refractivity contribution in [3.63, 3.8) is 0 Å². The molecule has 4 nitrogen and oxygen atoms in total. The zero-order valence-electron chi connectivity index (χ0n) is 11.7. The lowest BCUT2D eigenvalue weighted by molar-refractivity contribution is 0.473. The summed E-state index contributed by atoms with van der Waals surface area (Å²) in [5.74, 6) is 1.58. The summed E-state index contributed by atoms with van der Waals surface area (Å²) in [6.07, 6.45) is 7.27. The summed E-state index contributed by atoms with van der Waals surface area (Å²) in [7, 11) is 0. The Bertz CT molecular complexity index is 321. The number of nitrogens with two attached hydrogens (primary N) is 1. The molecule has 3 N–H and O–H groups in total. The highest BCUT2D eigenvalue weighted by atomic mass is 15.0. The minimum atomic E-state index is 0.643. The highest BCUT2D eigenvalue weighted by molar-refractivity contribution is 5.34. The van der Waals surface area contributed by atoms with Gasteiger partial charge in [0.05, 0.1) is 0 Å². The molecular formula is C14H26N4. The van der Waals surface area contributed by atoms with Gasteiger partial charge in [-0.25, -0.2) is 9.97 Å². The van der Waals surface area contributed by atoms with Crippen molar-refractivity contribution in [2.75, 3.05) is 18.4 Å². The number of nitrogens with one attached hydrogen (secondary N) is 1. The quantitative estimate of drug-likeness (QED) is 0.707. The Hall–Kier alpha value is -1.16. The molecule has 0 aliphatic rings. The predicted molar refractivity (Wildman–Crippen MR) is 76.6 cm³/mol. The van der Waals surface area contributed by atoms with Crippen LogP contribution in [0.1, 0.15) is 45.2 Å². The SMILES string of the molecule is CCCc1cc(NCC(CCC)CCN)ncn1. The van der Waals surface area contributed by atoms with Crippen LogP contribution in [-0.2, 0) is 6.42 Å². The zero-order valence-corrected chi connectivity index (χ0v) is 11.7. The Morgan fingerprint density at radius 2 is 2.06 bits per heavy atom. The van der Waals surface area contributed by atoms with E-state index in [1.165, 1.54) is 12.8 Å². The molecule has 0 aliphatic carbocycles. The van der Waals surface area contributed by atoms with Crippen LogP contribution in [0.3, 0.4) is 0 Å². The molecule has 1 rings (SSSR count). The molecule has 0 aliphatic heterocycles. The third-order valence-corrected chi connectivity index (χ3v) is 3.07. The molecule has 0 amide bonds. The molecule has 1 aromatic rings. The molecule has 0 aromatic carbocycles. The topological polar surface area (TPSA) is 63.8 Å². The third-order valence-electron chi connectivity index (χ3n) is 3.07. The molecule has 18 heavy (non-hydrogen) atoms. The summed E-state index contributed by atoms with van der Waals surface area (Å²) < 4.78 is 0. The van der Waals surface area contributed by atoms with Crippen LogP contribution in [-0.4, -0.2) is 23.1 Å². The van der Waals surface area contributed by atoms with E-state index in [0.29, 0.717) is 5.92 Å². The summed E-state index contributed by atoms with van der Waals surface area (Å²) in [4.78, 5) is 8.52. The Morgan fingerprint density at radius 1 is 1.22 bits per heavy atom. The fraction of sp³-hybridized carbons (Fsp3) is 0.714.